The maximum Gasteiger partial charge on any atom is 0.0974 e. The van der Waals surface area contributed by atoms with Crippen molar-refractivity contribution < 1.29 is 0 Å². The van der Waals surface area contributed by atoms with Crippen molar-refractivity contribution in [2.45, 2.75) is 25.7 Å². The Morgan fingerprint density at radius 3 is 1.10 bits per heavy atom. The zero-order valence-electron chi connectivity index (χ0n) is 23.9. The van der Waals surface area contributed by atoms with Crippen LogP contribution in [0.25, 0.3) is 44.1 Å². The average Bonchev–Trinajstić information content (AvgIpc) is 3.08. The second-order valence-electron chi connectivity index (χ2n) is 11.0. The van der Waals surface area contributed by atoms with Crippen LogP contribution >= 0.6 is 0 Å². The molecule has 5 aromatic carbocycles. The van der Waals surface area contributed by atoms with E-state index in [-0.39, 0.29) is 11.8 Å². The summed E-state index contributed by atoms with van der Waals surface area (Å²) >= 11 is 0. The van der Waals surface area contributed by atoms with Crippen LogP contribution < -0.4 is 0 Å². The summed E-state index contributed by atoms with van der Waals surface area (Å²) in [5, 5.41) is 2.24. The first-order valence-electron chi connectivity index (χ1n) is 14.7. The molecule has 0 bridgehead atoms. The molecule has 2 heteroatoms. The molecule has 0 aliphatic heterocycles. The monoisotopic (exact) mass is 540 g/mol. The van der Waals surface area contributed by atoms with Gasteiger partial charge in [-0.05, 0) is 45.5 Å². The van der Waals surface area contributed by atoms with Crippen molar-refractivity contribution >= 4 is 21.8 Å². The summed E-state index contributed by atoms with van der Waals surface area (Å²) < 4.78 is 0. The summed E-state index contributed by atoms with van der Waals surface area (Å²) in [5.41, 5.74) is 11.2. The molecule has 7 rings (SSSR count). The van der Waals surface area contributed by atoms with E-state index < -0.39 is 0 Å². The minimum Gasteiger partial charge on any atom is -0.250 e. The van der Waals surface area contributed by atoms with Gasteiger partial charge in [0.1, 0.15) is 0 Å². The van der Waals surface area contributed by atoms with Crippen molar-refractivity contribution in [3.8, 4) is 22.3 Å². The molecule has 0 aliphatic rings. The number of hydrogen-bond donors (Lipinski definition) is 0. The van der Waals surface area contributed by atoms with E-state index in [1.165, 1.54) is 33.4 Å². The number of fused-ring (bicyclic) bond motifs is 3. The molecule has 0 fully saturated rings. The fourth-order valence-corrected chi connectivity index (χ4v) is 6.00. The summed E-state index contributed by atoms with van der Waals surface area (Å²) in [6.45, 7) is 4.49. The van der Waals surface area contributed by atoms with E-state index in [4.69, 9.17) is 9.97 Å². The molecule has 2 unspecified atom stereocenters. The second-order valence-corrected chi connectivity index (χ2v) is 11.0. The maximum atomic E-state index is 5.41. The number of pyridine rings is 2. The van der Waals surface area contributed by atoms with Crippen molar-refractivity contribution in [3.63, 3.8) is 0 Å². The molecule has 42 heavy (non-hydrogen) atoms. The molecule has 2 aromatic heterocycles. The first-order chi connectivity index (χ1) is 20.7. The molecule has 0 saturated carbocycles. The lowest BCUT2D eigenvalue weighted by molar-refractivity contribution is 0.876. The number of rotatable bonds is 6. The highest BCUT2D eigenvalue weighted by Crippen LogP contribution is 2.39. The van der Waals surface area contributed by atoms with Gasteiger partial charge in [0.25, 0.3) is 0 Å². The third kappa shape index (κ3) is 4.76. The highest BCUT2D eigenvalue weighted by atomic mass is 14.8. The van der Waals surface area contributed by atoms with Gasteiger partial charge in [-0.25, -0.2) is 9.97 Å². The molecule has 0 radical (unpaired) electrons. The SMILES string of the molecule is CC(c1ccccc1)c1cc(-c2ccccc2)c2ccc3c(-c4ccccc4)cc(C(C)c4ccccc4)nc3c2n1. The van der Waals surface area contributed by atoms with E-state index >= 15 is 0 Å². The van der Waals surface area contributed by atoms with Gasteiger partial charge in [0.05, 0.1) is 11.0 Å². The lowest BCUT2D eigenvalue weighted by Crippen LogP contribution is -2.04. The van der Waals surface area contributed by atoms with Crippen LogP contribution in [-0.4, -0.2) is 9.97 Å². The normalized spacial score (nSPS) is 12.8. The first kappa shape index (κ1) is 25.9. The van der Waals surface area contributed by atoms with Gasteiger partial charge in [0.15, 0.2) is 0 Å². The minimum atomic E-state index is 0.133. The predicted molar refractivity (Wildman–Crippen MR) is 176 cm³/mol. The summed E-state index contributed by atoms with van der Waals surface area (Å²) in [6, 6.07) is 51.6. The molecule has 0 aliphatic carbocycles. The highest BCUT2D eigenvalue weighted by Gasteiger charge is 2.20. The summed E-state index contributed by atoms with van der Waals surface area (Å²) in [7, 11) is 0. The van der Waals surface area contributed by atoms with Crippen molar-refractivity contribution in [2.24, 2.45) is 0 Å². The lowest BCUT2D eigenvalue weighted by atomic mass is 9.90. The van der Waals surface area contributed by atoms with Crippen molar-refractivity contribution in [1.82, 2.24) is 9.97 Å². The van der Waals surface area contributed by atoms with Crippen LogP contribution in [0, 0.1) is 0 Å². The van der Waals surface area contributed by atoms with E-state index in [1.54, 1.807) is 0 Å². The Bertz CT molecular complexity index is 1840. The summed E-state index contributed by atoms with van der Waals surface area (Å²) in [5.74, 6) is 0.265. The number of nitrogens with zero attached hydrogens (tertiary/aromatic N) is 2. The molecule has 0 amide bonds. The van der Waals surface area contributed by atoms with Crippen molar-refractivity contribution in [2.75, 3.05) is 0 Å². The molecule has 2 heterocycles. The van der Waals surface area contributed by atoms with Crippen LogP contribution in [0.2, 0.25) is 0 Å². The van der Waals surface area contributed by atoms with Gasteiger partial charge in [-0.1, -0.05) is 147 Å². The molecular formula is C40H32N2. The van der Waals surface area contributed by atoms with Crippen LogP contribution in [0.5, 0.6) is 0 Å². The fraction of sp³-hybridized carbons (Fsp3) is 0.100. The third-order valence-electron chi connectivity index (χ3n) is 8.45. The predicted octanol–water partition coefficient (Wildman–Crippen LogP) is 10.4. The van der Waals surface area contributed by atoms with Crippen molar-refractivity contribution in [1.29, 1.82) is 0 Å². The molecule has 7 aromatic rings. The van der Waals surface area contributed by atoms with E-state index in [1.807, 2.05) is 0 Å². The molecule has 2 nitrogen and oxygen atoms in total. The second kappa shape index (κ2) is 11.1. The third-order valence-corrected chi connectivity index (χ3v) is 8.45. The van der Waals surface area contributed by atoms with Gasteiger partial charge in [-0.3, -0.25) is 0 Å². The molecule has 2 atom stereocenters. The largest absolute Gasteiger partial charge is 0.250 e. The Hall–Kier alpha value is -5.08. The van der Waals surface area contributed by atoms with E-state index in [0.29, 0.717) is 0 Å². The topological polar surface area (TPSA) is 25.8 Å². The van der Waals surface area contributed by atoms with Gasteiger partial charge < -0.3 is 0 Å². The number of aromatic nitrogens is 2. The summed E-state index contributed by atoms with van der Waals surface area (Å²) in [6.07, 6.45) is 0. The Kier molecular flexibility index (Phi) is 6.81. The van der Waals surface area contributed by atoms with E-state index in [9.17, 15) is 0 Å². The fourth-order valence-electron chi connectivity index (χ4n) is 6.00. The zero-order valence-corrected chi connectivity index (χ0v) is 23.9. The van der Waals surface area contributed by atoms with Crippen LogP contribution in [-0.2, 0) is 0 Å². The smallest absolute Gasteiger partial charge is 0.0974 e. The van der Waals surface area contributed by atoms with Crippen molar-refractivity contribution in [3.05, 3.63) is 168 Å². The minimum absolute atomic E-state index is 0.133. The Morgan fingerprint density at radius 1 is 0.405 bits per heavy atom. The number of benzene rings is 5. The molecule has 0 spiro atoms. The highest BCUT2D eigenvalue weighted by molar-refractivity contribution is 6.12. The molecular weight excluding hydrogens is 508 g/mol. The molecule has 202 valence electrons. The maximum absolute atomic E-state index is 5.41. The molecule has 0 N–H and O–H groups in total. The Labute approximate surface area is 247 Å². The van der Waals surface area contributed by atoms with Crippen LogP contribution in [0.3, 0.4) is 0 Å². The van der Waals surface area contributed by atoms with Gasteiger partial charge in [-0.15, -0.1) is 0 Å². The van der Waals surface area contributed by atoms with E-state index in [0.717, 1.165) is 33.2 Å². The van der Waals surface area contributed by atoms with E-state index in [2.05, 4.69) is 159 Å². The summed E-state index contributed by atoms with van der Waals surface area (Å²) in [4.78, 5) is 10.8. The van der Waals surface area contributed by atoms with Gasteiger partial charge in [0.2, 0.25) is 0 Å². The molecule has 0 saturated heterocycles. The quantitative estimate of drug-likeness (QED) is 0.196. The van der Waals surface area contributed by atoms with Gasteiger partial charge in [0, 0.05) is 34.0 Å². The van der Waals surface area contributed by atoms with Gasteiger partial charge in [-0.2, -0.15) is 0 Å². The standard InChI is InChI=1S/C40H32N2/c1-27(29-15-7-3-8-16-29)37-25-35(31-19-11-5-12-20-31)33-23-24-34-36(32-21-13-6-14-22-32)26-38(42-40(34)39(33)41-37)28(2)30-17-9-4-10-18-30/h3-28H,1-2H3. The Balaban J connectivity index is 1.56. The average molecular weight is 541 g/mol. The van der Waals surface area contributed by atoms with Crippen LogP contribution in [0.1, 0.15) is 48.2 Å². The Morgan fingerprint density at radius 2 is 0.738 bits per heavy atom. The van der Waals surface area contributed by atoms with Crippen LogP contribution in [0.4, 0.5) is 0 Å². The van der Waals surface area contributed by atoms with Crippen LogP contribution in [0.15, 0.2) is 146 Å². The lowest BCUT2D eigenvalue weighted by Gasteiger charge is -2.19. The first-order valence-corrected chi connectivity index (χ1v) is 14.7. The number of hydrogen-bond acceptors (Lipinski definition) is 2. The van der Waals surface area contributed by atoms with Gasteiger partial charge >= 0.3 is 0 Å². The zero-order chi connectivity index (χ0) is 28.5.